The molecule has 2 heterocycles. The third kappa shape index (κ3) is 4.05. The van der Waals surface area contributed by atoms with Crippen molar-refractivity contribution in [3.8, 4) is 11.5 Å². The van der Waals surface area contributed by atoms with E-state index in [1.807, 2.05) is 11.4 Å². The van der Waals surface area contributed by atoms with Crippen LogP contribution < -0.4 is 11.1 Å². The zero-order chi connectivity index (χ0) is 18.0. The summed E-state index contributed by atoms with van der Waals surface area (Å²) in [6, 6.07) is 9.82. The summed E-state index contributed by atoms with van der Waals surface area (Å²) in [5, 5.41) is 9.62. The molecule has 0 spiro atoms. The molecule has 0 aliphatic heterocycles. The smallest absolute Gasteiger partial charge is 0.388 e. The Labute approximate surface area is 149 Å². The first-order chi connectivity index (χ1) is 11.8. The van der Waals surface area contributed by atoms with Gasteiger partial charge < -0.3 is 4.42 Å². The van der Waals surface area contributed by atoms with Crippen LogP contribution in [-0.2, 0) is 6.67 Å². The minimum Gasteiger partial charge on any atom is -0.388 e. The summed E-state index contributed by atoms with van der Waals surface area (Å²) in [5.74, 6) is -0.725. The lowest BCUT2D eigenvalue weighted by Gasteiger charge is -2.30. The van der Waals surface area contributed by atoms with Crippen molar-refractivity contribution in [1.29, 1.82) is 0 Å². The largest absolute Gasteiger partial charge is 0.438 e. The van der Waals surface area contributed by atoms with Gasteiger partial charge in [0.15, 0.2) is 0 Å². The maximum atomic E-state index is 13.0. The summed E-state index contributed by atoms with van der Waals surface area (Å²) in [7, 11) is 0. The molecular weight excluding hydrogens is 341 g/mol. The Hall–Kier alpha value is -2.25. The van der Waals surface area contributed by atoms with Crippen LogP contribution in [0.1, 0.15) is 31.7 Å². The SMILES string of the molecule is CC(C)(C)C(NCn1nc(-c2ccc(F)cc2)oc1=O)c1cccs1. The number of thiophene rings is 1. The van der Waals surface area contributed by atoms with Crippen LogP contribution in [0.25, 0.3) is 11.5 Å². The van der Waals surface area contributed by atoms with Gasteiger partial charge in [-0.25, -0.2) is 9.18 Å². The molecule has 0 radical (unpaired) electrons. The minimum atomic E-state index is -0.550. The van der Waals surface area contributed by atoms with Crippen LogP contribution >= 0.6 is 11.3 Å². The third-order valence-corrected chi connectivity index (χ3v) is 4.77. The first kappa shape index (κ1) is 17.6. The molecule has 7 heteroatoms. The van der Waals surface area contributed by atoms with Gasteiger partial charge in [0, 0.05) is 16.5 Å². The van der Waals surface area contributed by atoms with E-state index in [0.717, 1.165) is 0 Å². The maximum Gasteiger partial charge on any atom is 0.438 e. The lowest BCUT2D eigenvalue weighted by Crippen LogP contribution is -2.35. The zero-order valence-corrected chi connectivity index (χ0v) is 15.1. The van der Waals surface area contributed by atoms with Crippen molar-refractivity contribution in [3.63, 3.8) is 0 Å². The van der Waals surface area contributed by atoms with Gasteiger partial charge in [-0.05, 0) is 41.1 Å². The fraction of sp³-hybridized carbons (Fsp3) is 0.333. The van der Waals surface area contributed by atoms with Crippen molar-refractivity contribution in [2.45, 2.75) is 33.5 Å². The van der Waals surface area contributed by atoms with Gasteiger partial charge >= 0.3 is 5.76 Å². The van der Waals surface area contributed by atoms with Gasteiger partial charge in [0.1, 0.15) is 5.82 Å². The van der Waals surface area contributed by atoms with Crippen molar-refractivity contribution in [3.05, 3.63) is 63.0 Å². The average molecular weight is 361 g/mol. The molecule has 25 heavy (non-hydrogen) atoms. The number of aromatic nitrogens is 2. The molecule has 3 aromatic rings. The standard InChI is InChI=1S/C18H20FN3O2S/c1-18(2,3)15(14-5-4-10-25-14)20-11-22-17(23)24-16(21-22)12-6-8-13(19)9-7-12/h4-10,15,20H,11H2,1-3H3. The molecule has 1 unspecified atom stereocenters. The summed E-state index contributed by atoms with van der Waals surface area (Å²) in [6.45, 7) is 6.64. The lowest BCUT2D eigenvalue weighted by atomic mass is 9.86. The molecule has 132 valence electrons. The van der Waals surface area contributed by atoms with Gasteiger partial charge in [-0.3, -0.25) is 5.32 Å². The predicted octanol–water partition coefficient (Wildman–Crippen LogP) is 4.04. The highest BCUT2D eigenvalue weighted by molar-refractivity contribution is 7.10. The van der Waals surface area contributed by atoms with Crippen LogP contribution in [0, 0.1) is 11.2 Å². The van der Waals surface area contributed by atoms with Crippen molar-refractivity contribution >= 4 is 11.3 Å². The van der Waals surface area contributed by atoms with E-state index < -0.39 is 5.76 Å². The Balaban J connectivity index is 1.79. The van der Waals surface area contributed by atoms with Crippen LogP contribution in [0.2, 0.25) is 0 Å². The van der Waals surface area contributed by atoms with Gasteiger partial charge in [-0.2, -0.15) is 4.68 Å². The van der Waals surface area contributed by atoms with E-state index in [0.29, 0.717) is 5.56 Å². The molecule has 0 fully saturated rings. The topological polar surface area (TPSA) is 60.1 Å². The van der Waals surface area contributed by atoms with E-state index >= 15 is 0 Å². The molecule has 3 rings (SSSR count). The van der Waals surface area contributed by atoms with Gasteiger partial charge in [0.05, 0.1) is 6.67 Å². The number of benzene rings is 1. The van der Waals surface area contributed by atoms with Crippen molar-refractivity contribution in [2.75, 3.05) is 0 Å². The highest BCUT2D eigenvalue weighted by atomic mass is 32.1. The fourth-order valence-corrected chi connectivity index (χ4v) is 3.63. The zero-order valence-electron chi connectivity index (χ0n) is 14.3. The summed E-state index contributed by atoms with van der Waals surface area (Å²) in [4.78, 5) is 13.2. The summed E-state index contributed by atoms with van der Waals surface area (Å²) in [5.41, 5.74) is 0.528. The van der Waals surface area contributed by atoms with Crippen LogP contribution in [-0.4, -0.2) is 9.78 Å². The minimum absolute atomic E-state index is 0.0298. The predicted molar refractivity (Wildman–Crippen MR) is 95.8 cm³/mol. The number of rotatable bonds is 5. The summed E-state index contributed by atoms with van der Waals surface area (Å²) >= 11 is 1.67. The number of hydrogen-bond donors (Lipinski definition) is 1. The Morgan fingerprint density at radius 3 is 2.60 bits per heavy atom. The van der Waals surface area contributed by atoms with Crippen molar-refractivity contribution < 1.29 is 8.81 Å². The second-order valence-corrected chi connectivity index (χ2v) is 7.84. The molecular formula is C18H20FN3O2S. The maximum absolute atomic E-state index is 13.0. The fourth-order valence-electron chi connectivity index (χ4n) is 2.58. The van der Waals surface area contributed by atoms with E-state index in [-0.39, 0.29) is 29.8 Å². The Morgan fingerprint density at radius 2 is 2.00 bits per heavy atom. The van der Waals surface area contributed by atoms with E-state index in [1.54, 1.807) is 11.3 Å². The normalized spacial score (nSPS) is 13.1. The van der Waals surface area contributed by atoms with Crippen LogP contribution in [0.5, 0.6) is 0 Å². The second kappa shape index (κ2) is 6.93. The molecule has 0 saturated heterocycles. The third-order valence-electron chi connectivity index (χ3n) is 3.84. The van der Waals surface area contributed by atoms with E-state index in [2.05, 4.69) is 37.3 Å². The second-order valence-electron chi connectivity index (χ2n) is 6.86. The molecule has 1 aromatic carbocycles. The van der Waals surface area contributed by atoms with Crippen LogP contribution in [0.3, 0.4) is 0 Å². The van der Waals surface area contributed by atoms with Gasteiger partial charge in [-0.1, -0.05) is 26.8 Å². The van der Waals surface area contributed by atoms with Gasteiger partial charge in [-0.15, -0.1) is 16.4 Å². The molecule has 1 atom stereocenters. The monoisotopic (exact) mass is 361 g/mol. The molecule has 0 aliphatic carbocycles. The van der Waals surface area contributed by atoms with Crippen molar-refractivity contribution in [2.24, 2.45) is 5.41 Å². The number of halogens is 1. The molecule has 0 aliphatic rings. The highest BCUT2D eigenvalue weighted by Gasteiger charge is 2.27. The van der Waals surface area contributed by atoms with E-state index in [9.17, 15) is 9.18 Å². The Bertz CT molecular complexity index is 876. The molecule has 0 bridgehead atoms. The number of hydrogen-bond acceptors (Lipinski definition) is 5. The van der Waals surface area contributed by atoms with Crippen LogP contribution in [0.15, 0.2) is 51.0 Å². The molecule has 2 aromatic heterocycles. The van der Waals surface area contributed by atoms with E-state index in [1.165, 1.54) is 33.8 Å². The first-order valence-electron chi connectivity index (χ1n) is 7.95. The highest BCUT2D eigenvalue weighted by Crippen LogP contribution is 2.35. The molecule has 1 N–H and O–H groups in total. The number of nitrogens with zero attached hydrogens (tertiary/aromatic N) is 2. The molecule has 0 saturated carbocycles. The molecule has 5 nitrogen and oxygen atoms in total. The lowest BCUT2D eigenvalue weighted by molar-refractivity contribution is 0.252. The number of nitrogens with one attached hydrogen (secondary N) is 1. The summed E-state index contributed by atoms with van der Waals surface area (Å²) in [6.07, 6.45) is 0. The van der Waals surface area contributed by atoms with Crippen molar-refractivity contribution in [1.82, 2.24) is 15.1 Å². The van der Waals surface area contributed by atoms with Crippen LogP contribution in [0.4, 0.5) is 4.39 Å². The van der Waals surface area contributed by atoms with Gasteiger partial charge in [0.25, 0.3) is 0 Å². The molecule has 0 amide bonds. The first-order valence-corrected chi connectivity index (χ1v) is 8.83. The Morgan fingerprint density at radius 1 is 1.28 bits per heavy atom. The van der Waals surface area contributed by atoms with E-state index in [4.69, 9.17) is 4.42 Å². The average Bonchev–Trinajstić information content (AvgIpc) is 3.18. The van der Waals surface area contributed by atoms with Gasteiger partial charge in [0.2, 0.25) is 5.89 Å². The summed E-state index contributed by atoms with van der Waals surface area (Å²) < 4.78 is 19.4. The Kier molecular flexibility index (Phi) is 4.87. The quantitative estimate of drug-likeness (QED) is 0.745.